The van der Waals surface area contributed by atoms with Crippen LogP contribution in [0.3, 0.4) is 0 Å². The molecule has 0 heterocycles. The molecule has 0 unspecified atom stereocenters. The maximum atomic E-state index is 11.3. The van der Waals surface area contributed by atoms with Crippen LogP contribution >= 0.6 is 0 Å². The summed E-state index contributed by atoms with van der Waals surface area (Å²) >= 11 is 0. The summed E-state index contributed by atoms with van der Waals surface area (Å²) in [5.74, 6) is -0.799. The summed E-state index contributed by atoms with van der Waals surface area (Å²) in [7, 11) is 0. The summed E-state index contributed by atoms with van der Waals surface area (Å²) in [5.41, 5.74) is 0. The van der Waals surface area contributed by atoms with Gasteiger partial charge in [-0.05, 0) is 32.1 Å². The zero-order valence-electron chi connectivity index (χ0n) is 16.0. The molecular weight excluding hydrogens is 300 g/mol. The van der Waals surface area contributed by atoms with Gasteiger partial charge < -0.3 is 4.74 Å². The molecule has 0 atom stereocenters. The summed E-state index contributed by atoms with van der Waals surface area (Å²) in [5, 5.41) is 0. The Morgan fingerprint density at radius 1 is 0.667 bits per heavy atom. The van der Waals surface area contributed by atoms with Crippen molar-refractivity contribution in [1.82, 2.24) is 0 Å². The summed E-state index contributed by atoms with van der Waals surface area (Å²) in [6.45, 7) is 3.95. The monoisotopic (exact) mass is 338 g/mol. The van der Waals surface area contributed by atoms with Crippen molar-refractivity contribution in [2.24, 2.45) is 0 Å². The molecule has 0 saturated carbocycles. The van der Waals surface area contributed by atoms with Gasteiger partial charge in [-0.2, -0.15) is 0 Å². The van der Waals surface area contributed by atoms with Crippen LogP contribution in [0, 0.1) is 0 Å². The van der Waals surface area contributed by atoms with E-state index in [2.05, 4.69) is 23.8 Å². The van der Waals surface area contributed by atoms with Gasteiger partial charge >= 0.3 is 11.9 Å². The Balaban J connectivity index is 3.23. The van der Waals surface area contributed by atoms with Crippen molar-refractivity contribution in [3.05, 3.63) is 12.2 Å². The van der Waals surface area contributed by atoms with E-state index in [4.69, 9.17) is 0 Å². The molecule has 0 aliphatic carbocycles. The van der Waals surface area contributed by atoms with Gasteiger partial charge in [0.15, 0.2) is 0 Å². The minimum atomic E-state index is -0.423. The first-order chi connectivity index (χ1) is 11.7. The minimum absolute atomic E-state index is 0.262. The first-order valence-electron chi connectivity index (χ1n) is 10.1. The molecule has 0 rings (SSSR count). The fraction of sp³-hybridized carbons (Fsp3) is 0.810. The van der Waals surface area contributed by atoms with Gasteiger partial charge in [0.25, 0.3) is 0 Å². The van der Waals surface area contributed by atoms with E-state index >= 15 is 0 Å². The van der Waals surface area contributed by atoms with Crippen LogP contribution in [0.2, 0.25) is 0 Å². The zero-order valence-corrected chi connectivity index (χ0v) is 16.0. The minimum Gasteiger partial charge on any atom is -0.393 e. The maximum absolute atomic E-state index is 11.3. The largest absolute Gasteiger partial charge is 0.393 e. The highest BCUT2D eigenvalue weighted by Gasteiger charge is 2.07. The molecule has 0 saturated heterocycles. The molecule has 0 radical (unpaired) electrons. The fourth-order valence-electron chi connectivity index (χ4n) is 2.59. The summed E-state index contributed by atoms with van der Waals surface area (Å²) in [4.78, 5) is 22.2. The molecule has 0 fully saturated rings. The second-order valence-corrected chi connectivity index (χ2v) is 6.53. The molecule has 0 aromatic heterocycles. The van der Waals surface area contributed by atoms with E-state index in [0.717, 1.165) is 19.3 Å². The number of rotatable bonds is 16. The third-order valence-corrected chi connectivity index (χ3v) is 4.16. The van der Waals surface area contributed by atoms with Gasteiger partial charge in [0.2, 0.25) is 0 Å². The van der Waals surface area contributed by atoms with Crippen molar-refractivity contribution in [3.63, 3.8) is 0 Å². The lowest BCUT2D eigenvalue weighted by Crippen LogP contribution is -2.10. The molecule has 0 aliphatic heterocycles. The number of hydrogen-bond donors (Lipinski definition) is 0. The van der Waals surface area contributed by atoms with Gasteiger partial charge in [-0.25, -0.2) is 0 Å². The first kappa shape index (κ1) is 22.9. The van der Waals surface area contributed by atoms with Crippen LogP contribution in [0.15, 0.2) is 12.2 Å². The van der Waals surface area contributed by atoms with Crippen LogP contribution in [0.25, 0.3) is 0 Å². The molecule has 24 heavy (non-hydrogen) atoms. The van der Waals surface area contributed by atoms with E-state index in [0.29, 0.717) is 6.42 Å². The number of esters is 2. The van der Waals surface area contributed by atoms with Gasteiger partial charge in [-0.1, -0.05) is 77.4 Å². The summed E-state index contributed by atoms with van der Waals surface area (Å²) in [6.07, 6.45) is 21.3. The normalized spacial score (nSPS) is 11.1. The Morgan fingerprint density at radius 2 is 1.17 bits per heavy atom. The molecule has 0 amide bonds. The molecule has 3 nitrogen and oxygen atoms in total. The van der Waals surface area contributed by atoms with Crippen molar-refractivity contribution in [1.29, 1.82) is 0 Å². The predicted molar refractivity (Wildman–Crippen MR) is 101 cm³/mol. The van der Waals surface area contributed by atoms with Gasteiger partial charge in [0.05, 0.1) is 0 Å². The lowest BCUT2D eigenvalue weighted by atomic mass is 10.1. The van der Waals surface area contributed by atoms with Gasteiger partial charge in [-0.15, -0.1) is 0 Å². The van der Waals surface area contributed by atoms with E-state index in [1.54, 1.807) is 6.92 Å². The SMILES string of the molecule is CCCCCCCC/C=C/CCCCCCCC(=O)OC(=O)CC. The molecule has 3 heteroatoms. The van der Waals surface area contributed by atoms with Gasteiger partial charge in [0, 0.05) is 12.8 Å². The van der Waals surface area contributed by atoms with E-state index in [9.17, 15) is 9.59 Å². The Bertz CT molecular complexity index is 334. The third-order valence-electron chi connectivity index (χ3n) is 4.16. The van der Waals surface area contributed by atoms with Crippen LogP contribution in [0.4, 0.5) is 0 Å². The smallest absolute Gasteiger partial charge is 0.313 e. The van der Waals surface area contributed by atoms with Gasteiger partial charge in [-0.3, -0.25) is 9.59 Å². The third kappa shape index (κ3) is 17.2. The molecule has 0 aliphatic rings. The zero-order chi connectivity index (χ0) is 17.9. The average Bonchev–Trinajstić information content (AvgIpc) is 2.58. The van der Waals surface area contributed by atoms with E-state index in [1.165, 1.54) is 64.2 Å². The fourth-order valence-corrected chi connectivity index (χ4v) is 2.59. The maximum Gasteiger partial charge on any atom is 0.313 e. The Hall–Kier alpha value is -1.12. The average molecular weight is 339 g/mol. The Morgan fingerprint density at radius 3 is 1.71 bits per heavy atom. The number of hydrogen-bond acceptors (Lipinski definition) is 3. The van der Waals surface area contributed by atoms with Crippen LogP contribution < -0.4 is 0 Å². The summed E-state index contributed by atoms with van der Waals surface area (Å²) < 4.78 is 4.63. The van der Waals surface area contributed by atoms with E-state index in [1.807, 2.05) is 0 Å². The second-order valence-electron chi connectivity index (χ2n) is 6.53. The first-order valence-corrected chi connectivity index (χ1v) is 10.1. The van der Waals surface area contributed by atoms with Gasteiger partial charge in [0.1, 0.15) is 0 Å². The number of carbonyl (C=O) groups excluding carboxylic acids is 2. The van der Waals surface area contributed by atoms with Crippen LogP contribution in [-0.2, 0) is 14.3 Å². The topological polar surface area (TPSA) is 43.4 Å². The number of carbonyl (C=O) groups is 2. The van der Waals surface area contributed by atoms with Crippen LogP contribution in [-0.4, -0.2) is 11.9 Å². The predicted octanol–water partition coefficient (Wildman–Crippen LogP) is 6.50. The van der Waals surface area contributed by atoms with Crippen LogP contribution in [0.5, 0.6) is 0 Å². The van der Waals surface area contributed by atoms with E-state index < -0.39 is 5.97 Å². The number of allylic oxidation sites excluding steroid dienone is 2. The van der Waals surface area contributed by atoms with Crippen molar-refractivity contribution in [2.45, 2.75) is 110 Å². The summed E-state index contributed by atoms with van der Waals surface area (Å²) in [6, 6.07) is 0. The molecule has 0 spiro atoms. The van der Waals surface area contributed by atoms with Crippen molar-refractivity contribution in [3.8, 4) is 0 Å². The highest BCUT2D eigenvalue weighted by atomic mass is 16.6. The lowest BCUT2D eigenvalue weighted by molar-refractivity contribution is -0.159. The van der Waals surface area contributed by atoms with Crippen molar-refractivity contribution in [2.75, 3.05) is 0 Å². The molecule has 0 aromatic carbocycles. The lowest BCUT2D eigenvalue weighted by Gasteiger charge is -2.02. The highest BCUT2D eigenvalue weighted by molar-refractivity contribution is 5.85. The molecule has 0 aromatic rings. The molecular formula is C21H38O3. The van der Waals surface area contributed by atoms with Crippen LogP contribution in [0.1, 0.15) is 110 Å². The molecule has 0 bridgehead atoms. The quantitative estimate of drug-likeness (QED) is 0.139. The Labute approximate surface area is 149 Å². The van der Waals surface area contributed by atoms with E-state index in [-0.39, 0.29) is 12.4 Å². The highest BCUT2D eigenvalue weighted by Crippen LogP contribution is 2.10. The van der Waals surface area contributed by atoms with Crippen molar-refractivity contribution >= 4 is 11.9 Å². The molecule has 0 N–H and O–H groups in total. The second kappa shape index (κ2) is 18.2. The number of ether oxygens (including phenoxy) is 1. The molecule has 140 valence electrons. The Kier molecular flexibility index (Phi) is 17.4. The standard InChI is InChI=1S/C21H38O3/c1-3-5-6-7-8-9-10-11-12-13-14-15-16-17-18-19-21(23)24-20(22)4-2/h11-12H,3-10,13-19H2,1-2H3/b12-11+. The number of unbranched alkanes of at least 4 members (excludes halogenated alkanes) is 11. The van der Waals surface area contributed by atoms with Crippen molar-refractivity contribution < 1.29 is 14.3 Å².